The van der Waals surface area contributed by atoms with Crippen LogP contribution in [0.15, 0.2) is 16.7 Å². The lowest BCUT2D eigenvalue weighted by molar-refractivity contribution is 0.0952. The second-order valence-corrected chi connectivity index (χ2v) is 4.02. The molecule has 0 saturated heterocycles. The van der Waals surface area contributed by atoms with Gasteiger partial charge in [0.2, 0.25) is 0 Å². The van der Waals surface area contributed by atoms with Crippen molar-refractivity contribution in [1.29, 1.82) is 0 Å². The van der Waals surface area contributed by atoms with Gasteiger partial charge in [0.05, 0.1) is 5.56 Å². The third-order valence-electron chi connectivity index (χ3n) is 1.82. The minimum atomic E-state index is -0.112. The van der Waals surface area contributed by atoms with Crippen molar-refractivity contribution < 1.29 is 9.21 Å². The SMILES string of the molecule is Cc1cc(C(=O)NCCC(C)Cl)co1. The molecule has 0 aromatic carbocycles. The number of carbonyl (C=O) groups excluding carboxylic acids is 1. The van der Waals surface area contributed by atoms with Crippen LogP contribution < -0.4 is 5.32 Å². The van der Waals surface area contributed by atoms with Crippen molar-refractivity contribution in [3.8, 4) is 0 Å². The molecule has 1 aromatic rings. The van der Waals surface area contributed by atoms with Gasteiger partial charge in [0.15, 0.2) is 0 Å². The van der Waals surface area contributed by atoms with Gasteiger partial charge in [-0.05, 0) is 26.3 Å². The highest BCUT2D eigenvalue weighted by Gasteiger charge is 2.07. The zero-order valence-electron chi connectivity index (χ0n) is 8.34. The van der Waals surface area contributed by atoms with Gasteiger partial charge in [-0.3, -0.25) is 4.79 Å². The number of hydrogen-bond acceptors (Lipinski definition) is 2. The van der Waals surface area contributed by atoms with E-state index >= 15 is 0 Å². The molecule has 3 nitrogen and oxygen atoms in total. The van der Waals surface area contributed by atoms with E-state index < -0.39 is 0 Å². The largest absolute Gasteiger partial charge is 0.469 e. The van der Waals surface area contributed by atoms with E-state index in [1.807, 2.05) is 6.92 Å². The lowest BCUT2D eigenvalue weighted by Gasteiger charge is -2.03. The van der Waals surface area contributed by atoms with Crippen molar-refractivity contribution in [3.63, 3.8) is 0 Å². The standard InChI is InChI=1S/C10H14ClNO2/c1-7(11)3-4-12-10(13)9-5-8(2)14-6-9/h5-7H,3-4H2,1-2H3,(H,12,13). The second kappa shape index (κ2) is 5.05. The van der Waals surface area contributed by atoms with Gasteiger partial charge in [-0.15, -0.1) is 11.6 Å². The first kappa shape index (κ1) is 11.1. The molecule has 0 spiro atoms. The number of alkyl halides is 1. The van der Waals surface area contributed by atoms with Crippen LogP contribution >= 0.6 is 11.6 Å². The molecule has 1 unspecified atom stereocenters. The summed E-state index contributed by atoms with van der Waals surface area (Å²) in [5.74, 6) is 0.625. The fraction of sp³-hybridized carbons (Fsp3) is 0.500. The summed E-state index contributed by atoms with van der Waals surface area (Å²) in [6.07, 6.45) is 2.22. The topological polar surface area (TPSA) is 42.2 Å². The highest BCUT2D eigenvalue weighted by atomic mass is 35.5. The van der Waals surface area contributed by atoms with Crippen molar-refractivity contribution in [3.05, 3.63) is 23.7 Å². The minimum absolute atomic E-state index is 0.0846. The van der Waals surface area contributed by atoms with Crippen molar-refractivity contribution in [2.45, 2.75) is 25.6 Å². The molecule has 14 heavy (non-hydrogen) atoms. The molecule has 4 heteroatoms. The van der Waals surface area contributed by atoms with Gasteiger partial charge >= 0.3 is 0 Å². The van der Waals surface area contributed by atoms with E-state index in [4.69, 9.17) is 16.0 Å². The number of rotatable bonds is 4. The van der Waals surface area contributed by atoms with Crippen molar-refractivity contribution in [2.24, 2.45) is 0 Å². The molecule has 0 aliphatic rings. The van der Waals surface area contributed by atoms with E-state index in [0.29, 0.717) is 12.1 Å². The van der Waals surface area contributed by atoms with Crippen LogP contribution in [-0.2, 0) is 0 Å². The van der Waals surface area contributed by atoms with Gasteiger partial charge < -0.3 is 9.73 Å². The number of halogens is 1. The fourth-order valence-corrected chi connectivity index (χ4v) is 1.16. The Morgan fingerprint density at radius 3 is 2.93 bits per heavy atom. The summed E-state index contributed by atoms with van der Waals surface area (Å²) < 4.78 is 5.03. The van der Waals surface area contributed by atoms with E-state index in [1.54, 1.807) is 13.0 Å². The number of furan rings is 1. The summed E-state index contributed by atoms with van der Waals surface area (Å²) in [5, 5.41) is 2.84. The normalized spacial score (nSPS) is 12.5. The highest BCUT2D eigenvalue weighted by molar-refractivity contribution is 6.20. The molecule has 0 fully saturated rings. The van der Waals surface area contributed by atoms with E-state index in [1.165, 1.54) is 6.26 Å². The molecular weight excluding hydrogens is 202 g/mol. The summed E-state index contributed by atoms with van der Waals surface area (Å²) in [5.41, 5.74) is 0.560. The molecule has 1 rings (SSSR count). The molecule has 0 aliphatic carbocycles. The first-order valence-electron chi connectivity index (χ1n) is 4.57. The zero-order valence-corrected chi connectivity index (χ0v) is 9.10. The predicted molar refractivity (Wildman–Crippen MR) is 55.7 cm³/mol. The second-order valence-electron chi connectivity index (χ2n) is 3.27. The maximum Gasteiger partial charge on any atom is 0.254 e. The smallest absolute Gasteiger partial charge is 0.254 e. The van der Waals surface area contributed by atoms with Gasteiger partial charge in [0, 0.05) is 11.9 Å². The Morgan fingerprint density at radius 1 is 1.71 bits per heavy atom. The summed E-state index contributed by atoms with van der Waals surface area (Å²) in [6.45, 7) is 4.29. The fourth-order valence-electron chi connectivity index (χ4n) is 1.05. The highest BCUT2D eigenvalue weighted by Crippen LogP contribution is 2.06. The summed E-state index contributed by atoms with van der Waals surface area (Å²) >= 11 is 5.74. The Hall–Kier alpha value is -0.960. The van der Waals surface area contributed by atoms with Gasteiger partial charge in [0.1, 0.15) is 12.0 Å². The molecule has 0 bridgehead atoms. The van der Waals surface area contributed by atoms with E-state index in [-0.39, 0.29) is 11.3 Å². The first-order chi connectivity index (χ1) is 6.59. The first-order valence-corrected chi connectivity index (χ1v) is 5.00. The Kier molecular flexibility index (Phi) is 4.01. The molecular formula is C10H14ClNO2. The monoisotopic (exact) mass is 215 g/mol. The Morgan fingerprint density at radius 2 is 2.43 bits per heavy atom. The van der Waals surface area contributed by atoms with Crippen LogP contribution in [-0.4, -0.2) is 17.8 Å². The lowest BCUT2D eigenvalue weighted by atomic mass is 10.3. The van der Waals surface area contributed by atoms with Crippen molar-refractivity contribution >= 4 is 17.5 Å². The number of amides is 1. The Balaban J connectivity index is 2.36. The molecule has 1 atom stereocenters. The Bertz CT molecular complexity index is 307. The van der Waals surface area contributed by atoms with Crippen LogP contribution in [0, 0.1) is 6.92 Å². The van der Waals surface area contributed by atoms with Crippen LogP contribution in [0.1, 0.15) is 29.5 Å². The number of nitrogens with one attached hydrogen (secondary N) is 1. The third kappa shape index (κ3) is 3.42. The van der Waals surface area contributed by atoms with Crippen LogP contribution in [0.5, 0.6) is 0 Å². The number of aryl methyl sites for hydroxylation is 1. The summed E-state index contributed by atoms with van der Waals surface area (Å²) in [4.78, 5) is 11.4. The predicted octanol–water partition coefficient (Wildman–Crippen LogP) is 2.34. The molecule has 1 aromatic heterocycles. The van der Waals surface area contributed by atoms with E-state index in [2.05, 4.69) is 5.32 Å². The quantitative estimate of drug-likeness (QED) is 0.784. The maximum atomic E-state index is 11.4. The maximum absolute atomic E-state index is 11.4. The molecule has 0 aliphatic heterocycles. The average Bonchev–Trinajstić information content (AvgIpc) is 2.51. The van der Waals surface area contributed by atoms with Crippen LogP contribution in [0.25, 0.3) is 0 Å². The summed E-state index contributed by atoms with van der Waals surface area (Å²) in [6, 6.07) is 1.71. The number of hydrogen-bond donors (Lipinski definition) is 1. The summed E-state index contributed by atoms with van der Waals surface area (Å²) in [7, 11) is 0. The Labute approximate surface area is 88.4 Å². The lowest BCUT2D eigenvalue weighted by Crippen LogP contribution is -2.25. The average molecular weight is 216 g/mol. The van der Waals surface area contributed by atoms with Crippen LogP contribution in [0.2, 0.25) is 0 Å². The third-order valence-corrected chi connectivity index (χ3v) is 2.04. The van der Waals surface area contributed by atoms with Crippen molar-refractivity contribution in [1.82, 2.24) is 5.32 Å². The molecule has 1 N–H and O–H groups in total. The molecule has 1 heterocycles. The van der Waals surface area contributed by atoms with Gasteiger partial charge in [-0.2, -0.15) is 0 Å². The molecule has 0 radical (unpaired) electrons. The van der Waals surface area contributed by atoms with Crippen LogP contribution in [0.4, 0.5) is 0 Å². The molecule has 1 amide bonds. The van der Waals surface area contributed by atoms with Gasteiger partial charge in [0.25, 0.3) is 5.91 Å². The minimum Gasteiger partial charge on any atom is -0.469 e. The van der Waals surface area contributed by atoms with E-state index in [9.17, 15) is 4.79 Å². The van der Waals surface area contributed by atoms with E-state index in [0.717, 1.165) is 12.2 Å². The zero-order chi connectivity index (χ0) is 10.6. The molecule has 78 valence electrons. The van der Waals surface area contributed by atoms with Gasteiger partial charge in [-0.1, -0.05) is 0 Å². The molecule has 0 saturated carbocycles. The van der Waals surface area contributed by atoms with Crippen molar-refractivity contribution in [2.75, 3.05) is 6.54 Å². The number of carbonyl (C=O) groups is 1. The van der Waals surface area contributed by atoms with Gasteiger partial charge in [-0.25, -0.2) is 0 Å². The van der Waals surface area contributed by atoms with Crippen LogP contribution in [0.3, 0.4) is 0 Å².